The Balaban J connectivity index is 1.89. The second kappa shape index (κ2) is 26.8. The van der Waals surface area contributed by atoms with Gasteiger partial charge in [0.2, 0.25) is 47.3 Å². The molecular weight excluding hydrogens is 935 g/mol. The first kappa shape index (κ1) is 57.6. The van der Waals surface area contributed by atoms with Crippen LogP contribution in [0.4, 0.5) is 0 Å². The molecule has 24 heteroatoms. The largest absolute Gasteiger partial charge is 0.391 e. The molecule has 8 amide bonds. The number of amides is 8. The van der Waals surface area contributed by atoms with E-state index in [9.17, 15) is 53.7 Å². The van der Waals surface area contributed by atoms with E-state index in [1.54, 1.807) is 54.7 Å². The number of aliphatic hydroxyl groups is 3. The van der Waals surface area contributed by atoms with Crippen molar-refractivity contribution in [1.29, 1.82) is 0 Å². The number of thiol groups is 2. The number of benzene rings is 2. The third kappa shape index (κ3) is 17.3. The van der Waals surface area contributed by atoms with Crippen LogP contribution in [0.25, 0.3) is 10.9 Å². The molecule has 0 spiro atoms. The summed E-state index contributed by atoms with van der Waals surface area (Å²) in [5, 5.41) is 49.4. The number of aliphatic hydroxyl groups excluding tert-OH is 3. The number of primary amides is 1. The number of fused-ring (bicyclic) bond motifs is 1. The van der Waals surface area contributed by atoms with Gasteiger partial charge in [-0.15, -0.1) is 0 Å². The molecule has 22 nitrogen and oxygen atoms in total. The first-order chi connectivity index (χ1) is 32.4. The second-order valence-corrected chi connectivity index (χ2v) is 18.9. The van der Waals surface area contributed by atoms with E-state index in [1.807, 2.05) is 6.07 Å². The van der Waals surface area contributed by atoms with Gasteiger partial charge in [0.05, 0.1) is 24.4 Å². The first-order valence-electron chi connectivity index (χ1n) is 22.2. The smallest absolute Gasteiger partial charge is 0.245 e. The summed E-state index contributed by atoms with van der Waals surface area (Å²) in [5.41, 5.74) is 19.3. The van der Waals surface area contributed by atoms with Crippen LogP contribution in [0.2, 0.25) is 0 Å². The van der Waals surface area contributed by atoms with Gasteiger partial charge in [-0.25, -0.2) is 0 Å². The number of carbonyl (C=O) groups is 8. The van der Waals surface area contributed by atoms with Crippen LogP contribution in [0, 0.1) is 0 Å². The van der Waals surface area contributed by atoms with Gasteiger partial charge in [0, 0.05) is 34.0 Å². The molecule has 11 atom stereocenters. The number of nitrogens with one attached hydrogen (secondary N) is 8. The topological polar surface area (TPSA) is 375 Å². The molecule has 0 aliphatic rings. The van der Waals surface area contributed by atoms with Gasteiger partial charge in [0.15, 0.2) is 0 Å². The number of para-hydroxylation sites is 1. The quantitative estimate of drug-likeness (QED) is 0.0333. The Bertz CT molecular complexity index is 2240. The number of hydrogen-bond donors (Lipinski definition) is 16. The van der Waals surface area contributed by atoms with Gasteiger partial charge in [-0.3, -0.25) is 38.4 Å². The SMILES string of the molecule is C[C@@H](O)[C@H](NC(=O)[C@@H](NC(=O)[C@@H](NC(=O)[C@H](CCCN)NC(=O)[C@@H](Cc1c[nH]c2ccccc12)NC(=O)[C@@H](NC(=O)[C@H](CS)NC(=O)[C@H](N)Cc1ccccc1)[C@@H](C)O)[C@@H](C)O)C(C)(C)S)C(N)=O. The van der Waals surface area contributed by atoms with Crippen LogP contribution in [0.3, 0.4) is 0 Å². The molecule has 380 valence electrons. The van der Waals surface area contributed by atoms with E-state index in [4.69, 9.17) is 17.2 Å². The third-order valence-corrected chi connectivity index (χ3v) is 11.6. The van der Waals surface area contributed by atoms with Crippen LogP contribution in [0.5, 0.6) is 0 Å². The van der Waals surface area contributed by atoms with Crippen molar-refractivity contribution in [3.8, 4) is 0 Å². The van der Waals surface area contributed by atoms with E-state index in [2.05, 4.69) is 67.5 Å². The van der Waals surface area contributed by atoms with Gasteiger partial charge in [-0.1, -0.05) is 48.5 Å². The Morgan fingerprint density at radius 3 is 1.67 bits per heavy atom. The third-order valence-electron chi connectivity index (χ3n) is 11.0. The lowest BCUT2D eigenvalue weighted by Crippen LogP contribution is -2.65. The van der Waals surface area contributed by atoms with E-state index in [0.29, 0.717) is 16.5 Å². The van der Waals surface area contributed by atoms with Crippen molar-refractivity contribution >= 4 is 83.4 Å². The zero-order valence-electron chi connectivity index (χ0n) is 39.1. The second-order valence-electron chi connectivity index (χ2n) is 17.3. The van der Waals surface area contributed by atoms with Crippen LogP contribution >= 0.6 is 25.3 Å². The molecule has 0 unspecified atom stereocenters. The predicted molar refractivity (Wildman–Crippen MR) is 263 cm³/mol. The van der Waals surface area contributed by atoms with Crippen LogP contribution in [-0.4, -0.2) is 151 Å². The van der Waals surface area contributed by atoms with Gasteiger partial charge in [0.1, 0.15) is 42.3 Å². The number of carbonyl (C=O) groups excluding carboxylic acids is 8. The lowest BCUT2D eigenvalue weighted by Gasteiger charge is -2.33. The maximum Gasteiger partial charge on any atom is 0.245 e. The Hall–Kier alpha value is -5.76. The standard InChI is InChI=1S/C45H67N11O11S2/c1-22(57)33(37(48)60)53-44(67)36(45(4,5)69)56-43(66)35(24(3)59)54-39(62)30(16-11-17-46)50-40(63)31(19-26-20-49-29-15-10-9-14-27(26)29)51-42(65)34(23(2)58)55-41(64)32(21-68)52-38(61)28(47)18-25-12-7-6-8-13-25/h6-10,12-15,20,22-24,28,30-36,49,57-59,68-69H,11,16-19,21,46-47H2,1-5H3,(H2,48,60)(H,50,63)(H,51,65)(H,52,61)(H,53,67)(H,54,62)(H,55,64)(H,56,66)/t22-,23-,24-,28-,30+,31-,32+,33+,34+,35+,36-/m1/s1. The summed E-state index contributed by atoms with van der Waals surface area (Å²) in [7, 11) is 0. The van der Waals surface area contributed by atoms with Gasteiger partial charge >= 0.3 is 0 Å². The molecule has 0 aliphatic carbocycles. The van der Waals surface area contributed by atoms with Crippen molar-refractivity contribution in [2.45, 2.75) is 132 Å². The summed E-state index contributed by atoms with van der Waals surface area (Å²) >= 11 is 8.62. The molecule has 2 aromatic carbocycles. The fraction of sp³-hybridized carbons (Fsp3) is 0.511. The summed E-state index contributed by atoms with van der Waals surface area (Å²) in [6.45, 7) is 6.61. The fourth-order valence-electron chi connectivity index (χ4n) is 7.07. The number of aromatic amines is 1. The average Bonchev–Trinajstić information content (AvgIpc) is 3.69. The van der Waals surface area contributed by atoms with Crippen LogP contribution in [0.1, 0.15) is 58.6 Å². The monoisotopic (exact) mass is 1000 g/mol. The Kier molecular flexibility index (Phi) is 22.4. The zero-order valence-corrected chi connectivity index (χ0v) is 40.9. The average molecular weight is 1000 g/mol. The Morgan fingerprint density at radius 1 is 0.638 bits per heavy atom. The molecule has 1 heterocycles. The minimum atomic E-state index is -1.74. The van der Waals surface area contributed by atoms with E-state index in [1.165, 1.54) is 34.6 Å². The number of hydrogen-bond acceptors (Lipinski definition) is 15. The van der Waals surface area contributed by atoms with Gasteiger partial charge < -0.3 is 74.7 Å². The maximum absolute atomic E-state index is 14.4. The lowest BCUT2D eigenvalue weighted by molar-refractivity contribution is -0.137. The van der Waals surface area contributed by atoms with Gasteiger partial charge in [-0.2, -0.15) is 25.3 Å². The normalized spacial score (nSPS) is 16.3. The molecule has 0 fully saturated rings. The Morgan fingerprint density at radius 2 is 1.13 bits per heavy atom. The van der Waals surface area contributed by atoms with E-state index in [-0.39, 0.29) is 38.0 Å². The molecule has 0 radical (unpaired) electrons. The fourth-order valence-corrected chi connectivity index (χ4v) is 7.51. The van der Waals surface area contributed by atoms with Crippen LogP contribution in [0.15, 0.2) is 60.8 Å². The van der Waals surface area contributed by atoms with Crippen LogP contribution < -0.4 is 54.4 Å². The number of nitrogens with two attached hydrogens (primary N) is 3. The van der Waals surface area contributed by atoms with E-state index < -0.39 is 119 Å². The number of rotatable bonds is 27. The highest BCUT2D eigenvalue weighted by Gasteiger charge is 2.40. The molecule has 3 rings (SSSR count). The maximum atomic E-state index is 14.4. The molecule has 0 saturated heterocycles. The highest BCUT2D eigenvalue weighted by atomic mass is 32.1. The van der Waals surface area contributed by atoms with Crippen molar-refractivity contribution in [2.75, 3.05) is 12.3 Å². The first-order valence-corrected chi connectivity index (χ1v) is 23.3. The van der Waals surface area contributed by atoms with Gasteiger partial charge in [0.25, 0.3) is 0 Å². The minimum absolute atomic E-state index is 0.0600. The lowest BCUT2D eigenvalue weighted by atomic mass is 9.99. The summed E-state index contributed by atoms with van der Waals surface area (Å²) in [5.74, 6) is -7.77. The zero-order chi connectivity index (χ0) is 51.7. The van der Waals surface area contributed by atoms with Crippen molar-refractivity contribution in [1.82, 2.24) is 42.2 Å². The molecule has 0 saturated carbocycles. The summed E-state index contributed by atoms with van der Waals surface area (Å²) in [4.78, 5) is 111. The highest BCUT2D eigenvalue weighted by Crippen LogP contribution is 2.21. The molecule has 3 aromatic rings. The number of H-pyrrole nitrogens is 1. The van der Waals surface area contributed by atoms with Crippen molar-refractivity contribution in [3.63, 3.8) is 0 Å². The molecular formula is C45H67N11O11S2. The molecule has 69 heavy (non-hydrogen) atoms. The predicted octanol–water partition coefficient (Wildman–Crippen LogP) is -3.32. The minimum Gasteiger partial charge on any atom is -0.391 e. The number of aromatic nitrogens is 1. The van der Waals surface area contributed by atoms with E-state index in [0.717, 1.165) is 5.56 Å². The van der Waals surface area contributed by atoms with Gasteiger partial charge in [-0.05, 0) is 77.6 Å². The summed E-state index contributed by atoms with van der Waals surface area (Å²) in [6.07, 6.45) is -2.87. The highest BCUT2D eigenvalue weighted by molar-refractivity contribution is 7.81. The van der Waals surface area contributed by atoms with Crippen LogP contribution in [-0.2, 0) is 51.2 Å². The molecule has 17 N–H and O–H groups in total. The summed E-state index contributed by atoms with van der Waals surface area (Å²) in [6, 6.07) is 4.33. The molecule has 0 bridgehead atoms. The van der Waals surface area contributed by atoms with Crippen molar-refractivity contribution in [3.05, 3.63) is 71.9 Å². The van der Waals surface area contributed by atoms with E-state index >= 15 is 0 Å². The summed E-state index contributed by atoms with van der Waals surface area (Å²) < 4.78 is -1.33. The molecule has 0 aliphatic heterocycles. The van der Waals surface area contributed by atoms with Crippen molar-refractivity contribution in [2.24, 2.45) is 17.2 Å². The molecule has 1 aromatic heterocycles. The Labute approximate surface area is 411 Å². The van der Waals surface area contributed by atoms with Crippen molar-refractivity contribution < 1.29 is 53.7 Å².